The van der Waals surface area contributed by atoms with Gasteiger partial charge in [-0.05, 0) is 32.1 Å². The highest BCUT2D eigenvalue weighted by Crippen LogP contribution is 2.35. The Morgan fingerprint density at radius 2 is 1.15 bits per heavy atom. The first-order valence-electron chi connectivity index (χ1n) is 8.70. The van der Waals surface area contributed by atoms with Crippen molar-refractivity contribution in [3.05, 3.63) is 12.0 Å². The fraction of sp³-hybridized carbons (Fsp3) is 0.875. The van der Waals surface area contributed by atoms with Gasteiger partial charge in [0.25, 0.3) is 0 Å². The van der Waals surface area contributed by atoms with E-state index in [4.69, 9.17) is 0 Å². The molecule has 0 saturated carbocycles. The topological polar surface area (TPSA) is 6.48 Å². The number of allylic oxidation sites excluding steroid dienone is 1. The quantitative estimate of drug-likeness (QED) is 0.422. The minimum atomic E-state index is -4.80. The maximum absolute atomic E-state index is 13.0. The first kappa shape index (κ1) is 23.9. The molecule has 27 heavy (non-hydrogen) atoms. The van der Waals surface area contributed by atoms with E-state index >= 15 is 0 Å². The Morgan fingerprint density at radius 3 is 1.56 bits per heavy atom. The maximum atomic E-state index is 13.0. The SMILES string of the molecule is F/C(=C\C(F)(F)F)N1CCCCC1.FC(F)(F)CC(F)(F)N1CCCCC1. The summed E-state index contributed by atoms with van der Waals surface area (Å²) in [4.78, 5) is 1.76. The van der Waals surface area contributed by atoms with Crippen LogP contribution in [-0.2, 0) is 0 Å². The summed E-state index contributed by atoms with van der Waals surface area (Å²) in [6, 6.07) is -3.74. The van der Waals surface area contributed by atoms with E-state index in [9.17, 15) is 39.5 Å². The molecule has 2 saturated heterocycles. The third-order valence-corrected chi connectivity index (χ3v) is 4.17. The molecule has 0 atom stereocenters. The monoisotopic (exact) mass is 414 g/mol. The Bertz CT molecular complexity index is 459. The third kappa shape index (κ3) is 10.1. The van der Waals surface area contributed by atoms with Crippen LogP contribution in [0.4, 0.5) is 39.5 Å². The van der Waals surface area contributed by atoms with Crippen LogP contribution in [0.3, 0.4) is 0 Å². The van der Waals surface area contributed by atoms with Crippen LogP contribution in [0.2, 0.25) is 0 Å². The summed E-state index contributed by atoms with van der Waals surface area (Å²) in [6.07, 6.45) is -7.27. The molecule has 2 aliphatic heterocycles. The number of piperidine rings is 2. The molecule has 0 aromatic heterocycles. The lowest BCUT2D eigenvalue weighted by molar-refractivity contribution is -0.239. The fourth-order valence-electron chi connectivity index (χ4n) is 2.91. The summed E-state index contributed by atoms with van der Waals surface area (Å²) < 4.78 is 109. The van der Waals surface area contributed by atoms with Crippen LogP contribution in [0.1, 0.15) is 44.9 Å². The van der Waals surface area contributed by atoms with Gasteiger partial charge in [-0.15, -0.1) is 0 Å². The van der Waals surface area contributed by atoms with Crippen molar-refractivity contribution in [1.29, 1.82) is 0 Å². The molecule has 2 aliphatic rings. The average molecular weight is 414 g/mol. The Hall–Kier alpha value is -1.13. The first-order valence-corrected chi connectivity index (χ1v) is 8.70. The summed E-state index contributed by atoms with van der Waals surface area (Å²) >= 11 is 0. The van der Waals surface area contributed by atoms with Crippen molar-refractivity contribution in [2.75, 3.05) is 26.2 Å². The molecule has 0 aromatic carbocycles. The maximum Gasteiger partial charge on any atom is 0.414 e. The molecule has 0 spiro atoms. The number of rotatable bonds is 3. The van der Waals surface area contributed by atoms with Gasteiger partial charge in [0.1, 0.15) is 6.42 Å². The molecule has 0 N–H and O–H groups in total. The van der Waals surface area contributed by atoms with Gasteiger partial charge in [-0.3, -0.25) is 0 Å². The molecule has 0 aromatic rings. The zero-order chi connectivity index (χ0) is 20.7. The lowest BCUT2D eigenvalue weighted by Crippen LogP contribution is -2.47. The van der Waals surface area contributed by atoms with Gasteiger partial charge in [-0.25, -0.2) is 4.90 Å². The van der Waals surface area contributed by atoms with Gasteiger partial charge in [0.2, 0.25) is 0 Å². The number of hydrogen-bond donors (Lipinski definition) is 0. The molecular weight excluding hydrogens is 391 g/mol. The van der Waals surface area contributed by atoms with Crippen molar-refractivity contribution in [2.24, 2.45) is 0 Å². The highest BCUT2D eigenvalue weighted by molar-refractivity contribution is 4.97. The van der Waals surface area contributed by atoms with E-state index in [0.29, 0.717) is 30.8 Å². The number of hydrogen-bond acceptors (Lipinski definition) is 2. The lowest BCUT2D eigenvalue weighted by atomic mass is 10.1. The zero-order valence-electron chi connectivity index (χ0n) is 14.7. The summed E-state index contributed by atoms with van der Waals surface area (Å²) in [5.41, 5.74) is 0. The number of nitrogens with zero attached hydrogens (tertiary/aromatic N) is 2. The first-order chi connectivity index (χ1) is 12.3. The molecule has 0 unspecified atom stereocenters. The van der Waals surface area contributed by atoms with Gasteiger partial charge < -0.3 is 4.90 Å². The molecule has 0 aliphatic carbocycles. The van der Waals surface area contributed by atoms with E-state index < -0.39 is 30.8 Å². The van der Waals surface area contributed by atoms with E-state index in [1.54, 1.807) is 0 Å². The van der Waals surface area contributed by atoms with Crippen molar-refractivity contribution in [2.45, 2.75) is 63.3 Å². The van der Waals surface area contributed by atoms with Gasteiger partial charge in [-0.2, -0.15) is 39.5 Å². The van der Waals surface area contributed by atoms with Gasteiger partial charge >= 0.3 is 18.4 Å². The fourth-order valence-corrected chi connectivity index (χ4v) is 2.91. The van der Waals surface area contributed by atoms with E-state index in [1.165, 1.54) is 0 Å². The Kier molecular flexibility index (Phi) is 8.75. The zero-order valence-corrected chi connectivity index (χ0v) is 14.7. The van der Waals surface area contributed by atoms with Crippen LogP contribution in [-0.4, -0.2) is 54.4 Å². The van der Waals surface area contributed by atoms with Crippen LogP contribution in [0.15, 0.2) is 12.0 Å². The van der Waals surface area contributed by atoms with E-state index in [-0.39, 0.29) is 19.2 Å². The minimum Gasteiger partial charge on any atom is -0.349 e. The number of alkyl halides is 8. The average Bonchev–Trinajstić information content (AvgIpc) is 2.53. The van der Waals surface area contributed by atoms with Crippen LogP contribution >= 0.6 is 0 Å². The molecule has 2 heterocycles. The molecule has 0 bridgehead atoms. The molecule has 0 radical (unpaired) electrons. The second kappa shape index (κ2) is 9.88. The molecular formula is C16H23F9N2. The lowest BCUT2D eigenvalue weighted by Gasteiger charge is -2.34. The normalized spacial score (nSPS) is 20.9. The molecule has 2 fully saturated rings. The number of halogens is 9. The summed E-state index contributed by atoms with van der Waals surface area (Å²) in [5, 5.41) is 0. The van der Waals surface area contributed by atoms with Crippen molar-refractivity contribution in [3.8, 4) is 0 Å². The molecule has 0 amide bonds. The predicted octanol–water partition coefficient (Wildman–Crippen LogP) is 5.86. The largest absolute Gasteiger partial charge is 0.414 e. The number of likely N-dealkylation sites (tertiary alicyclic amines) is 2. The summed E-state index contributed by atoms with van der Waals surface area (Å²) in [6.45, 7) is 0.892. The standard InChI is InChI=1S/C8H12F5N.C8H11F4N/c9-7(10,11)6-8(12,13)14-4-2-1-3-5-14;9-7(6-8(10,11)12)13-4-2-1-3-5-13/h1-6H2;6H,1-5H2/b;7-6+. The third-order valence-electron chi connectivity index (χ3n) is 4.17. The summed E-state index contributed by atoms with van der Waals surface area (Å²) in [7, 11) is 0. The smallest absolute Gasteiger partial charge is 0.349 e. The highest BCUT2D eigenvalue weighted by Gasteiger charge is 2.47. The minimum absolute atomic E-state index is 0.0586. The van der Waals surface area contributed by atoms with Crippen molar-refractivity contribution in [3.63, 3.8) is 0 Å². The second-order valence-corrected chi connectivity index (χ2v) is 6.56. The Balaban J connectivity index is 0.000000271. The van der Waals surface area contributed by atoms with Crippen LogP contribution < -0.4 is 0 Å². The van der Waals surface area contributed by atoms with Gasteiger partial charge in [0.15, 0.2) is 5.95 Å². The van der Waals surface area contributed by atoms with Crippen LogP contribution in [0, 0.1) is 0 Å². The summed E-state index contributed by atoms with van der Waals surface area (Å²) in [5.74, 6) is -1.16. The molecule has 2 rings (SSSR count). The predicted molar refractivity (Wildman–Crippen MR) is 81.7 cm³/mol. The van der Waals surface area contributed by atoms with Crippen molar-refractivity contribution >= 4 is 0 Å². The Labute approximate surface area is 152 Å². The van der Waals surface area contributed by atoms with E-state index in [2.05, 4.69) is 0 Å². The highest BCUT2D eigenvalue weighted by atomic mass is 19.4. The van der Waals surface area contributed by atoms with Gasteiger partial charge in [0.05, 0.1) is 6.08 Å². The molecule has 11 heteroatoms. The van der Waals surface area contributed by atoms with Crippen LogP contribution in [0.5, 0.6) is 0 Å². The van der Waals surface area contributed by atoms with Gasteiger partial charge in [-0.1, -0.05) is 6.42 Å². The van der Waals surface area contributed by atoms with Crippen molar-refractivity contribution in [1.82, 2.24) is 9.80 Å². The van der Waals surface area contributed by atoms with E-state index in [0.717, 1.165) is 30.6 Å². The second-order valence-electron chi connectivity index (χ2n) is 6.56. The molecule has 2 nitrogen and oxygen atoms in total. The van der Waals surface area contributed by atoms with Gasteiger partial charge in [0, 0.05) is 26.2 Å². The van der Waals surface area contributed by atoms with Crippen molar-refractivity contribution < 1.29 is 39.5 Å². The van der Waals surface area contributed by atoms with Crippen LogP contribution in [0.25, 0.3) is 0 Å². The molecule has 160 valence electrons. The van der Waals surface area contributed by atoms with E-state index in [1.807, 2.05) is 0 Å². The Morgan fingerprint density at radius 1 is 0.704 bits per heavy atom.